The summed E-state index contributed by atoms with van der Waals surface area (Å²) >= 11 is 3.32. The van der Waals surface area contributed by atoms with Crippen LogP contribution in [0.15, 0.2) is 21.4 Å². The third kappa shape index (κ3) is 2.42. The number of hydrogen-bond acceptors (Lipinski definition) is 5. The van der Waals surface area contributed by atoms with E-state index >= 15 is 0 Å². The van der Waals surface area contributed by atoms with Crippen LogP contribution in [0.5, 0.6) is 5.75 Å². The fraction of sp³-hybridized carbons (Fsp3) is 0.133. The molecule has 0 unspecified atom stereocenters. The standard InChI is InChI=1S/C15H11BrN2O6/c16-7-4-6(3-5-1-2-24-11(5)7)8-9(14(20)21)12(17)18-13(19)10(8)15(22)23/h3-4H,1-2H2,(H,20,21)(H,22,23)(H3,17,18,19). The summed E-state index contributed by atoms with van der Waals surface area (Å²) in [5, 5.41) is 18.8. The zero-order valence-electron chi connectivity index (χ0n) is 12.1. The van der Waals surface area contributed by atoms with Crippen molar-refractivity contribution in [3.8, 4) is 16.9 Å². The number of carboxylic acid groups (broad SMARTS) is 2. The van der Waals surface area contributed by atoms with Gasteiger partial charge in [-0.05, 0) is 39.2 Å². The Morgan fingerprint density at radius 1 is 1.21 bits per heavy atom. The Labute approximate surface area is 143 Å². The van der Waals surface area contributed by atoms with E-state index in [9.17, 15) is 24.6 Å². The average molecular weight is 395 g/mol. The first kappa shape index (κ1) is 16.1. The normalized spacial score (nSPS) is 12.5. The summed E-state index contributed by atoms with van der Waals surface area (Å²) in [5.41, 5.74) is 4.33. The molecule has 1 aliphatic heterocycles. The second kappa shape index (κ2) is 5.68. The van der Waals surface area contributed by atoms with Crippen LogP contribution in [0.3, 0.4) is 0 Å². The number of anilines is 1. The maximum atomic E-state index is 12.0. The third-order valence-electron chi connectivity index (χ3n) is 3.70. The van der Waals surface area contributed by atoms with E-state index in [-0.39, 0.29) is 11.1 Å². The monoisotopic (exact) mass is 394 g/mol. The minimum Gasteiger partial charge on any atom is -0.492 e. The van der Waals surface area contributed by atoms with Gasteiger partial charge in [-0.2, -0.15) is 0 Å². The molecule has 8 nitrogen and oxygen atoms in total. The van der Waals surface area contributed by atoms with Crippen LogP contribution in [-0.2, 0) is 6.42 Å². The molecule has 0 spiro atoms. The van der Waals surface area contributed by atoms with Crippen molar-refractivity contribution >= 4 is 33.7 Å². The molecule has 0 radical (unpaired) electrons. The second-order valence-corrected chi connectivity index (χ2v) is 6.00. The predicted octanol–water partition coefficient (Wildman–Crippen LogP) is 1.72. The zero-order chi connectivity index (χ0) is 17.6. The SMILES string of the molecule is Nc1[nH]c(=O)c(C(=O)O)c(-c2cc(Br)c3c(c2)CCO3)c1C(=O)O. The number of aromatic carboxylic acids is 2. The lowest BCUT2D eigenvalue weighted by molar-refractivity contribution is 0.0695. The van der Waals surface area contributed by atoms with Crippen molar-refractivity contribution in [3.63, 3.8) is 0 Å². The van der Waals surface area contributed by atoms with Crippen molar-refractivity contribution in [1.29, 1.82) is 0 Å². The van der Waals surface area contributed by atoms with Gasteiger partial charge in [0.1, 0.15) is 22.7 Å². The molecule has 0 saturated heterocycles. The molecule has 9 heteroatoms. The molecule has 1 aliphatic rings. The van der Waals surface area contributed by atoms with Gasteiger partial charge in [0.15, 0.2) is 0 Å². The van der Waals surface area contributed by atoms with E-state index < -0.39 is 34.4 Å². The van der Waals surface area contributed by atoms with Gasteiger partial charge < -0.3 is 25.7 Å². The third-order valence-corrected chi connectivity index (χ3v) is 4.29. The molecule has 0 amide bonds. The lowest BCUT2D eigenvalue weighted by Crippen LogP contribution is -2.24. The maximum absolute atomic E-state index is 12.0. The molecule has 1 aromatic heterocycles. The van der Waals surface area contributed by atoms with E-state index in [0.29, 0.717) is 23.2 Å². The van der Waals surface area contributed by atoms with Crippen molar-refractivity contribution in [2.24, 2.45) is 0 Å². The molecule has 1 aromatic carbocycles. The molecule has 2 aromatic rings. The first-order valence-corrected chi connectivity index (χ1v) is 7.58. The number of rotatable bonds is 3. The summed E-state index contributed by atoms with van der Waals surface area (Å²) in [4.78, 5) is 37.2. The highest BCUT2D eigenvalue weighted by molar-refractivity contribution is 9.10. The van der Waals surface area contributed by atoms with Gasteiger partial charge >= 0.3 is 11.9 Å². The summed E-state index contributed by atoms with van der Waals surface area (Å²) in [6.07, 6.45) is 0.589. The Balaban J connectivity index is 2.43. The first-order valence-electron chi connectivity index (χ1n) is 6.79. The molecule has 0 saturated carbocycles. The summed E-state index contributed by atoms with van der Waals surface area (Å²) in [6, 6.07) is 3.12. The van der Waals surface area contributed by atoms with Gasteiger partial charge in [0.2, 0.25) is 0 Å². The van der Waals surface area contributed by atoms with E-state index in [2.05, 4.69) is 20.9 Å². The van der Waals surface area contributed by atoms with Crippen molar-refractivity contribution in [2.45, 2.75) is 6.42 Å². The fourth-order valence-electron chi connectivity index (χ4n) is 2.74. The Morgan fingerprint density at radius 2 is 1.88 bits per heavy atom. The molecule has 5 N–H and O–H groups in total. The number of aromatic nitrogens is 1. The van der Waals surface area contributed by atoms with E-state index in [1.807, 2.05) is 0 Å². The molecule has 24 heavy (non-hydrogen) atoms. The topological polar surface area (TPSA) is 143 Å². The van der Waals surface area contributed by atoms with Gasteiger partial charge in [-0.15, -0.1) is 0 Å². The van der Waals surface area contributed by atoms with Crippen molar-refractivity contribution in [1.82, 2.24) is 4.98 Å². The minimum atomic E-state index is -1.54. The van der Waals surface area contributed by atoms with Gasteiger partial charge in [0, 0.05) is 12.0 Å². The highest BCUT2D eigenvalue weighted by Gasteiger charge is 2.28. The van der Waals surface area contributed by atoms with Gasteiger partial charge in [-0.1, -0.05) is 0 Å². The number of ether oxygens (including phenoxy) is 1. The van der Waals surface area contributed by atoms with Gasteiger partial charge in [0.25, 0.3) is 5.56 Å². The molecule has 3 rings (SSSR count). The Morgan fingerprint density at radius 3 is 2.50 bits per heavy atom. The number of nitrogens with two attached hydrogens (primary N) is 1. The van der Waals surface area contributed by atoms with E-state index in [0.717, 1.165) is 5.56 Å². The molecular weight excluding hydrogens is 384 g/mol. The van der Waals surface area contributed by atoms with E-state index in [1.54, 1.807) is 6.07 Å². The van der Waals surface area contributed by atoms with Crippen LogP contribution in [0.1, 0.15) is 26.3 Å². The Bertz CT molecular complexity index is 950. The van der Waals surface area contributed by atoms with Crippen LogP contribution >= 0.6 is 15.9 Å². The van der Waals surface area contributed by atoms with Gasteiger partial charge in [0.05, 0.1) is 11.1 Å². The highest BCUT2D eigenvalue weighted by Crippen LogP contribution is 2.39. The molecule has 0 bridgehead atoms. The average Bonchev–Trinajstić information content (AvgIpc) is 2.94. The Kier molecular flexibility index (Phi) is 3.80. The summed E-state index contributed by atoms with van der Waals surface area (Å²) in [7, 11) is 0. The molecule has 0 atom stereocenters. The van der Waals surface area contributed by atoms with Crippen molar-refractivity contribution in [2.75, 3.05) is 12.3 Å². The molecule has 0 aliphatic carbocycles. The number of hydrogen-bond donors (Lipinski definition) is 4. The van der Waals surface area contributed by atoms with Crippen LogP contribution in [0.2, 0.25) is 0 Å². The van der Waals surface area contributed by atoms with Crippen molar-refractivity contribution < 1.29 is 24.5 Å². The number of nitrogen functional groups attached to an aromatic ring is 1. The number of pyridine rings is 1. The smallest absolute Gasteiger partial charge is 0.342 e. The number of carbonyl (C=O) groups is 2. The number of nitrogens with one attached hydrogen (secondary N) is 1. The lowest BCUT2D eigenvalue weighted by Gasteiger charge is -2.13. The molecule has 124 valence electrons. The number of halogens is 1. The number of H-pyrrole nitrogens is 1. The second-order valence-electron chi connectivity index (χ2n) is 5.15. The first-order chi connectivity index (χ1) is 11.3. The summed E-state index contributed by atoms with van der Waals surface area (Å²) < 4.78 is 5.99. The quantitative estimate of drug-likeness (QED) is 0.620. The molecule has 0 fully saturated rings. The van der Waals surface area contributed by atoms with E-state index in [1.165, 1.54) is 6.07 Å². The maximum Gasteiger partial charge on any atom is 0.342 e. The van der Waals surface area contributed by atoms with Crippen LogP contribution in [0, 0.1) is 0 Å². The van der Waals surface area contributed by atoms with Crippen LogP contribution < -0.4 is 16.0 Å². The molecule has 2 heterocycles. The largest absolute Gasteiger partial charge is 0.492 e. The molecular formula is C15H11BrN2O6. The predicted molar refractivity (Wildman–Crippen MR) is 87.7 cm³/mol. The van der Waals surface area contributed by atoms with E-state index in [4.69, 9.17) is 10.5 Å². The summed E-state index contributed by atoms with van der Waals surface area (Å²) in [6.45, 7) is 0.465. The fourth-order valence-corrected chi connectivity index (χ4v) is 3.36. The number of fused-ring (bicyclic) bond motifs is 1. The number of aromatic amines is 1. The minimum absolute atomic E-state index is 0.230. The zero-order valence-corrected chi connectivity index (χ0v) is 13.6. The van der Waals surface area contributed by atoms with Gasteiger partial charge in [-0.3, -0.25) is 4.79 Å². The van der Waals surface area contributed by atoms with Gasteiger partial charge in [-0.25, -0.2) is 9.59 Å². The summed E-state index contributed by atoms with van der Waals surface area (Å²) in [5.74, 6) is -2.76. The van der Waals surface area contributed by atoms with Crippen LogP contribution in [0.4, 0.5) is 5.82 Å². The number of carboxylic acids is 2. The van der Waals surface area contributed by atoms with Crippen molar-refractivity contribution in [3.05, 3.63) is 43.6 Å². The van der Waals surface area contributed by atoms with Crippen LogP contribution in [-0.4, -0.2) is 33.7 Å². The highest BCUT2D eigenvalue weighted by atomic mass is 79.9. The number of benzene rings is 1. The lowest BCUT2D eigenvalue weighted by atomic mass is 9.94. The Hall–Kier alpha value is -2.81. The van der Waals surface area contributed by atoms with Crippen LogP contribution in [0.25, 0.3) is 11.1 Å².